The van der Waals surface area contributed by atoms with Crippen molar-refractivity contribution in [2.45, 2.75) is 6.92 Å². The molecule has 18 heavy (non-hydrogen) atoms. The summed E-state index contributed by atoms with van der Waals surface area (Å²) >= 11 is 9.29. The first-order valence-corrected chi connectivity index (χ1v) is 6.68. The molecule has 0 radical (unpaired) electrons. The molecule has 5 heteroatoms. The topological polar surface area (TPSA) is 34.2 Å². The Hall–Kier alpha value is -1.26. The SMILES string of the molecule is CCNc1cncc(Oc2ccc(Cl)cc2Br)c1. The molecule has 2 aromatic rings. The summed E-state index contributed by atoms with van der Waals surface area (Å²) in [6.07, 6.45) is 3.43. The Labute approximate surface area is 119 Å². The molecule has 0 aliphatic rings. The van der Waals surface area contributed by atoms with E-state index in [9.17, 15) is 0 Å². The number of nitrogens with zero attached hydrogens (tertiary/aromatic N) is 1. The van der Waals surface area contributed by atoms with Crippen molar-refractivity contribution < 1.29 is 4.74 Å². The minimum atomic E-state index is 0.661. The Morgan fingerprint density at radius 1 is 1.33 bits per heavy atom. The van der Waals surface area contributed by atoms with Crippen molar-refractivity contribution in [3.8, 4) is 11.5 Å². The molecule has 1 N–H and O–H groups in total. The first-order valence-electron chi connectivity index (χ1n) is 5.51. The second-order valence-corrected chi connectivity index (χ2v) is 4.91. The van der Waals surface area contributed by atoms with Gasteiger partial charge in [0.1, 0.15) is 11.5 Å². The van der Waals surface area contributed by atoms with Crippen LogP contribution in [-0.4, -0.2) is 11.5 Å². The van der Waals surface area contributed by atoms with E-state index in [1.807, 2.05) is 19.1 Å². The van der Waals surface area contributed by atoms with Crippen molar-refractivity contribution in [3.05, 3.63) is 46.2 Å². The van der Waals surface area contributed by atoms with Crippen LogP contribution in [0, 0.1) is 0 Å². The molecule has 1 aromatic heterocycles. The Kier molecular flexibility index (Phi) is 4.44. The van der Waals surface area contributed by atoms with E-state index in [2.05, 4.69) is 26.2 Å². The van der Waals surface area contributed by atoms with Crippen LogP contribution in [0.3, 0.4) is 0 Å². The van der Waals surface area contributed by atoms with Gasteiger partial charge in [-0.1, -0.05) is 11.6 Å². The molecule has 0 aliphatic heterocycles. The monoisotopic (exact) mass is 326 g/mol. The second-order valence-electron chi connectivity index (χ2n) is 3.62. The Morgan fingerprint density at radius 3 is 2.89 bits per heavy atom. The van der Waals surface area contributed by atoms with E-state index in [1.54, 1.807) is 24.5 Å². The van der Waals surface area contributed by atoms with Crippen LogP contribution in [-0.2, 0) is 0 Å². The molecule has 0 amide bonds. The van der Waals surface area contributed by atoms with Gasteiger partial charge in [-0.2, -0.15) is 0 Å². The second kappa shape index (κ2) is 6.07. The van der Waals surface area contributed by atoms with E-state index < -0.39 is 0 Å². The highest BCUT2D eigenvalue weighted by atomic mass is 79.9. The number of aromatic nitrogens is 1. The van der Waals surface area contributed by atoms with Gasteiger partial charge >= 0.3 is 0 Å². The van der Waals surface area contributed by atoms with Crippen molar-refractivity contribution >= 4 is 33.2 Å². The zero-order valence-electron chi connectivity index (χ0n) is 9.78. The van der Waals surface area contributed by atoms with Gasteiger partial charge in [0.2, 0.25) is 0 Å². The fourth-order valence-electron chi connectivity index (χ4n) is 1.46. The standard InChI is InChI=1S/C13H12BrClN2O/c1-2-17-10-6-11(8-16-7-10)18-13-4-3-9(15)5-12(13)14/h3-8,17H,2H2,1H3. The van der Waals surface area contributed by atoms with Gasteiger partial charge in [0.05, 0.1) is 22.6 Å². The molecule has 1 heterocycles. The molecule has 0 bridgehead atoms. The number of nitrogens with one attached hydrogen (secondary N) is 1. The number of hydrogen-bond acceptors (Lipinski definition) is 3. The van der Waals surface area contributed by atoms with E-state index in [4.69, 9.17) is 16.3 Å². The molecular weight excluding hydrogens is 316 g/mol. The van der Waals surface area contributed by atoms with Crippen molar-refractivity contribution in [2.24, 2.45) is 0 Å². The highest BCUT2D eigenvalue weighted by Gasteiger charge is 2.04. The average molecular weight is 328 g/mol. The number of halogens is 2. The maximum Gasteiger partial charge on any atom is 0.147 e. The maximum atomic E-state index is 5.88. The summed E-state index contributed by atoms with van der Waals surface area (Å²) in [5.41, 5.74) is 0.931. The van der Waals surface area contributed by atoms with Crippen LogP contribution in [0.25, 0.3) is 0 Å². The molecule has 0 unspecified atom stereocenters. The van der Waals surface area contributed by atoms with Crippen LogP contribution in [0.15, 0.2) is 41.1 Å². The van der Waals surface area contributed by atoms with Crippen molar-refractivity contribution in [1.82, 2.24) is 4.98 Å². The van der Waals surface area contributed by atoms with Crippen molar-refractivity contribution in [2.75, 3.05) is 11.9 Å². The third-order valence-electron chi connectivity index (χ3n) is 2.22. The zero-order chi connectivity index (χ0) is 13.0. The van der Waals surface area contributed by atoms with Gasteiger partial charge < -0.3 is 10.1 Å². The normalized spacial score (nSPS) is 10.2. The van der Waals surface area contributed by atoms with E-state index >= 15 is 0 Å². The van der Waals surface area contributed by atoms with Gasteiger partial charge in [0.15, 0.2) is 0 Å². The molecule has 0 atom stereocenters. The number of rotatable bonds is 4. The quantitative estimate of drug-likeness (QED) is 0.882. The van der Waals surface area contributed by atoms with Crippen LogP contribution in [0.2, 0.25) is 5.02 Å². The van der Waals surface area contributed by atoms with Gasteiger partial charge in [0, 0.05) is 17.6 Å². The largest absolute Gasteiger partial charge is 0.454 e. The summed E-state index contributed by atoms with van der Waals surface area (Å²) in [6.45, 7) is 2.87. The summed E-state index contributed by atoms with van der Waals surface area (Å²) in [5.74, 6) is 1.38. The Bertz CT molecular complexity index is 548. The molecule has 0 fully saturated rings. The first kappa shape index (κ1) is 13.2. The van der Waals surface area contributed by atoms with Gasteiger partial charge in [-0.05, 0) is 41.1 Å². The Balaban J connectivity index is 2.20. The van der Waals surface area contributed by atoms with Crippen LogP contribution in [0.5, 0.6) is 11.5 Å². The lowest BCUT2D eigenvalue weighted by atomic mass is 10.3. The third-order valence-corrected chi connectivity index (χ3v) is 3.07. The minimum absolute atomic E-state index is 0.661. The molecule has 0 spiro atoms. The molecule has 0 saturated carbocycles. The van der Waals surface area contributed by atoms with Crippen LogP contribution < -0.4 is 10.1 Å². The van der Waals surface area contributed by atoms with E-state index in [0.29, 0.717) is 16.5 Å². The zero-order valence-corrected chi connectivity index (χ0v) is 12.1. The van der Waals surface area contributed by atoms with E-state index in [0.717, 1.165) is 16.7 Å². The van der Waals surface area contributed by atoms with Gasteiger partial charge in [-0.15, -0.1) is 0 Å². The van der Waals surface area contributed by atoms with Crippen molar-refractivity contribution in [1.29, 1.82) is 0 Å². The summed E-state index contributed by atoms with van der Waals surface area (Å²) in [7, 11) is 0. The first-order chi connectivity index (χ1) is 8.69. The maximum absolute atomic E-state index is 5.88. The number of pyridine rings is 1. The van der Waals surface area contributed by atoms with E-state index in [-0.39, 0.29) is 0 Å². The van der Waals surface area contributed by atoms with Crippen molar-refractivity contribution in [3.63, 3.8) is 0 Å². The Morgan fingerprint density at radius 2 is 2.17 bits per heavy atom. The molecule has 0 aliphatic carbocycles. The predicted octanol–water partition coefficient (Wildman–Crippen LogP) is 4.72. The van der Waals surface area contributed by atoms with Crippen LogP contribution in [0.1, 0.15) is 6.92 Å². The van der Waals surface area contributed by atoms with Gasteiger partial charge in [-0.25, -0.2) is 0 Å². The summed E-state index contributed by atoms with van der Waals surface area (Å²) < 4.78 is 6.55. The third kappa shape index (κ3) is 3.37. The lowest BCUT2D eigenvalue weighted by Crippen LogP contribution is -1.97. The fourth-order valence-corrected chi connectivity index (χ4v) is 2.22. The van der Waals surface area contributed by atoms with E-state index in [1.165, 1.54) is 0 Å². The van der Waals surface area contributed by atoms with Gasteiger partial charge in [0.25, 0.3) is 0 Å². The molecule has 2 rings (SSSR count). The molecular formula is C13H12BrClN2O. The number of hydrogen-bond donors (Lipinski definition) is 1. The highest BCUT2D eigenvalue weighted by molar-refractivity contribution is 9.10. The lowest BCUT2D eigenvalue weighted by molar-refractivity contribution is 0.477. The fraction of sp³-hybridized carbons (Fsp3) is 0.154. The minimum Gasteiger partial charge on any atom is -0.454 e. The number of anilines is 1. The number of benzene rings is 1. The summed E-state index contributed by atoms with van der Waals surface area (Å²) in [4.78, 5) is 4.12. The average Bonchev–Trinajstić information content (AvgIpc) is 2.34. The van der Waals surface area contributed by atoms with Crippen LogP contribution in [0.4, 0.5) is 5.69 Å². The number of ether oxygens (including phenoxy) is 1. The van der Waals surface area contributed by atoms with Gasteiger partial charge in [-0.3, -0.25) is 4.98 Å². The predicted molar refractivity (Wildman–Crippen MR) is 77.6 cm³/mol. The molecule has 0 saturated heterocycles. The summed E-state index contributed by atoms with van der Waals surface area (Å²) in [6, 6.07) is 7.28. The molecule has 94 valence electrons. The molecule has 3 nitrogen and oxygen atoms in total. The lowest BCUT2D eigenvalue weighted by Gasteiger charge is -2.09. The molecule has 1 aromatic carbocycles. The smallest absolute Gasteiger partial charge is 0.147 e. The summed E-state index contributed by atoms with van der Waals surface area (Å²) in [5, 5.41) is 3.84. The van der Waals surface area contributed by atoms with Crippen LogP contribution >= 0.6 is 27.5 Å². The highest BCUT2D eigenvalue weighted by Crippen LogP contribution is 2.32.